The minimum atomic E-state index is -4.59. The summed E-state index contributed by atoms with van der Waals surface area (Å²) in [6, 6.07) is 3.99. The molecule has 2 saturated heterocycles. The maximum Gasteiger partial charge on any atom is 0.416 e. The summed E-state index contributed by atoms with van der Waals surface area (Å²) in [5, 5.41) is 12.2. The Morgan fingerprint density at radius 3 is 2.59 bits per heavy atom. The van der Waals surface area contributed by atoms with E-state index < -0.39 is 23.5 Å². The lowest BCUT2D eigenvalue weighted by Crippen LogP contribution is -2.36. The van der Waals surface area contributed by atoms with E-state index in [0.29, 0.717) is 38.3 Å². The number of likely N-dealkylation sites (tertiary alicyclic amines) is 1. The fourth-order valence-electron chi connectivity index (χ4n) is 5.87. The van der Waals surface area contributed by atoms with Crippen molar-refractivity contribution in [2.45, 2.75) is 70.4 Å². The number of aromatic nitrogens is 3. The second-order valence-electron chi connectivity index (χ2n) is 11.5. The molecule has 1 aromatic carbocycles. The SMILES string of the molecule is C[C@@H]1CC[C@@H](C)N1Cc1sc(Nc2ncnc(N3CC[C@H](N(C)CCC(=O)O)C3)c2F)nc1-c1cc(Cl)cc(C(F)(F)F)c1. The standard InChI is InChI=1S/C29H34ClF4N7O2S/c1-16-4-5-17(2)41(16)14-22-25(18-10-19(29(32,33)34)12-20(30)11-18)37-28(44-22)38-26-24(31)27(36-15-35-26)40-9-6-21(13-40)39(3)8-7-23(42)43/h10-12,15-17,21H,4-9,13-14H2,1-3H3,(H,42,43)(H,35,36,37,38)/t16-,17-,21+/m1/s1. The molecule has 2 aliphatic rings. The van der Waals surface area contributed by atoms with Crippen LogP contribution in [0.4, 0.5) is 34.3 Å². The van der Waals surface area contributed by atoms with Crippen LogP contribution < -0.4 is 10.2 Å². The number of anilines is 3. The summed E-state index contributed by atoms with van der Waals surface area (Å²) in [7, 11) is 1.85. The molecule has 15 heteroatoms. The van der Waals surface area contributed by atoms with Crippen molar-refractivity contribution >= 4 is 45.7 Å². The molecule has 2 aliphatic heterocycles. The van der Waals surface area contributed by atoms with Gasteiger partial charge in [0, 0.05) is 59.8 Å². The van der Waals surface area contributed by atoms with Crippen LogP contribution >= 0.6 is 22.9 Å². The Kier molecular flexibility index (Phi) is 9.64. The second kappa shape index (κ2) is 13.1. The lowest BCUT2D eigenvalue weighted by atomic mass is 10.1. The highest BCUT2D eigenvalue weighted by atomic mass is 35.5. The number of carboxylic acids is 1. The number of benzene rings is 1. The van der Waals surface area contributed by atoms with Crippen LogP contribution in [0.5, 0.6) is 0 Å². The molecule has 0 aliphatic carbocycles. The van der Waals surface area contributed by atoms with Crippen molar-refractivity contribution in [3.05, 3.63) is 45.8 Å². The summed E-state index contributed by atoms with van der Waals surface area (Å²) in [5.41, 5.74) is -0.304. The average Bonchev–Trinajstić information content (AvgIpc) is 3.68. The van der Waals surface area contributed by atoms with E-state index in [1.807, 2.05) is 11.9 Å². The van der Waals surface area contributed by atoms with Gasteiger partial charge in [-0.15, -0.1) is 0 Å². The maximum absolute atomic E-state index is 15.8. The Bertz CT molecular complexity index is 1500. The molecule has 3 aromatic rings. The normalized spacial score (nSPS) is 21.0. The molecule has 0 bridgehead atoms. The van der Waals surface area contributed by atoms with Crippen molar-refractivity contribution in [3.63, 3.8) is 0 Å². The predicted molar refractivity (Wildman–Crippen MR) is 162 cm³/mol. The Balaban J connectivity index is 1.43. The van der Waals surface area contributed by atoms with Crippen LogP contribution in [0.25, 0.3) is 11.3 Å². The van der Waals surface area contributed by atoms with Gasteiger partial charge in [-0.05, 0) is 58.4 Å². The Morgan fingerprint density at radius 1 is 1.18 bits per heavy atom. The summed E-state index contributed by atoms with van der Waals surface area (Å²) in [6.07, 6.45) is -0.584. The van der Waals surface area contributed by atoms with Gasteiger partial charge in [0.25, 0.3) is 0 Å². The first-order chi connectivity index (χ1) is 20.8. The molecule has 0 radical (unpaired) electrons. The van der Waals surface area contributed by atoms with Gasteiger partial charge < -0.3 is 20.2 Å². The fraction of sp³-hybridized carbons (Fsp3) is 0.517. The quantitative estimate of drug-likeness (QED) is 0.237. The Morgan fingerprint density at radius 2 is 1.91 bits per heavy atom. The van der Waals surface area contributed by atoms with Crippen molar-refractivity contribution in [2.75, 3.05) is 36.9 Å². The maximum atomic E-state index is 15.8. The number of hydrogen-bond acceptors (Lipinski definition) is 9. The fourth-order valence-corrected chi connectivity index (χ4v) is 7.10. The van der Waals surface area contributed by atoms with Crippen LogP contribution in [0.15, 0.2) is 24.5 Å². The number of halogens is 5. The summed E-state index contributed by atoms with van der Waals surface area (Å²) in [5.74, 6) is -1.55. The van der Waals surface area contributed by atoms with Gasteiger partial charge in [0.05, 0.1) is 17.7 Å². The first kappa shape index (κ1) is 32.3. The van der Waals surface area contributed by atoms with Crippen molar-refractivity contribution < 1.29 is 27.5 Å². The molecule has 0 spiro atoms. The van der Waals surface area contributed by atoms with Crippen molar-refractivity contribution in [2.24, 2.45) is 0 Å². The number of aliphatic carboxylic acids is 1. The molecule has 3 atom stereocenters. The van der Waals surface area contributed by atoms with Gasteiger partial charge in [0.1, 0.15) is 6.33 Å². The van der Waals surface area contributed by atoms with Crippen LogP contribution in [0.2, 0.25) is 5.02 Å². The third kappa shape index (κ3) is 7.24. The number of nitrogens with zero attached hydrogens (tertiary/aromatic N) is 6. The van der Waals surface area contributed by atoms with Crippen molar-refractivity contribution in [1.29, 1.82) is 0 Å². The van der Waals surface area contributed by atoms with Gasteiger partial charge in [-0.25, -0.2) is 15.0 Å². The van der Waals surface area contributed by atoms with Crippen molar-refractivity contribution in [3.8, 4) is 11.3 Å². The van der Waals surface area contributed by atoms with Crippen LogP contribution in [0.3, 0.4) is 0 Å². The third-order valence-electron chi connectivity index (χ3n) is 8.42. The number of carbonyl (C=O) groups is 1. The topological polar surface area (TPSA) is 97.7 Å². The van der Waals surface area contributed by atoms with E-state index in [9.17, 15) is 18.0 Å². The number of likely N-dealkylation sites (N-methyl/N-ethyl adjacent to an activating group) is 1. The minimum absolute atomic E-state index is 0.0169. The summed E-state index contributed by atoms with van der Waals surface area (Å²) < 4.78 is 56.8. The molecule has 2 N–H and O–H groups in total. The minimum Gasteiger partial charge on any atom is -0.481 e. The zero-order chi connectivity index (χ0) is 31.8. The van der Waals surface area contributed by atoms with Gasteiger partial charge in [-0.2, -0.15) is 17.6 Å². The smallest absolute Gasteiger partial charge is 0.416 e. The highest BCUT2D eigenvalue weighted by molar-refractivity contribution is 7.16. The zero-order valence-electron chi connectivity index (χ0n) is 24.5. The number of carboxylic acid groups (broad SMARTS) is 1. The van der Waals surface area contributed by atoms with Gasteiger partial charge in [0.2, 0.25) is 5.82 Å². The number of nitrogens with one attached hydrogen (secondary N) is 1. The molecule has 2 aromatic heterocycles. The molecule has 2 fully saturated rings. The molecule has 4 heterocycles. The van der Waals surface area contributed by atoms with Crippen LogP contribution in [0.1, 0.15) is 50.0 Å². The van der Waals surface area contributed by atoms with E-state index in [1.165, 1.54) is 23.7 Å². The Hall–Kier alpha value is -3.07. The largest absolute Gasteiger partial charge is 0.481 e. The van der Waals surface area contributed by atoms with Gasteiger partial charge in [-0.1, -0.05) is 22.9 Å². The van der Waals surface area contributed by atoms with Crippen molar-refractivity contribution in [1.82, 2.24) is 24.8 Å². The van der Waals surface area contributed by atoms with Gasteiger partial charge in [0.15, 0.2) is 16.8 Å². The number of thiazole rings is 1. The first-order valence-corrected chi connectivity index (χ1v) is 15.6. The first-order valence-electron chi connectivity index (χ1n) is 14.4. The van der Waals surface area contributed by atoms with Gasteiger partial charge >= 0.3 is 12.1 Å². The summed E-state index contributed by atoms with van der Waals surface area (Å²) in [6.45, 7) is 6.09. The lowest BCUT2D eigenvalue weighted by molar-refractivity contribution is -0.138. The zero-order valence-corrected chi connectivity index (χ0v) is 26.1. The van der Waals surface area contributed by atoms with E-state index in [0.717, 1.165) is 29.9 Å². The van der Waals surface area contributed by atoms with E-state index in [-0.39, 0.29) is 51.9 Å². The molecule has 44 heavy (non-hydrogen) atoms. The predicted octanol–water partition coefficient (Wildman–Crippen LogP) is 6.51. The van der Waals surface area contributed by atoms with Crippen LogP contribution in [-0.2, 0) is 17.5 Å². The molecule has 238 valence electrons. The van der Waals surface area contributed by atoms with Crippen LogP contribution in [-0.4, -0.2) is 80.6 Å². The number of hydrogen-bond donors (Lipinski definition) is 2. The lowest BCUT2D eigenvalue weighted by Gasteiger charge is -2.25. The molecule has 0 amide bonds. The summed E-state index contributed by atoms with van der Waals surface area (Å²) in [4.78, 5) is 30.6. The van der Waals surface area contributed by atoms with E-state index >= 15 is 4.39 Å². The van der Waals surface area contributed by atoms with Gasteiger partial charge in [-0.3, -0.25) is 9.69 Å². The van der Waals surface area contributed by atoms with Crippen LogP contribution in [0, 0.1) is 5.82 Å². The monoisotopic (exact) mass is 655 g/mol. The molecule has 5 rings (SSSR count). The molecule has 0 saturated carbocycles. The third-order valence-corrected chi connectivity index (χ3v) is 9.59. The molecular weight excluding hydrogens is 622 g/mol. The highest BCUT2D eigenvalue weighted by Gasteiger charge is 2.34. The number of rotatable bonds is 10. The van der Waals surface area contributed by atoms with E-state index in [4.69, 9.17) is 16.7 Å². The second-order valence-corrected chi connectivity index (χ2v) is 13.0. The van der Waals surface area contributed by atoms with E-state index in [2.05, 4.69) is 39.0 Å². The average molecular weight is 656 g/mol. The molecular formula is C29H34ClF4N7O2S. The molecule has 9 nitrogen and oxygen atoms in total. The number of alkyl halides is 3. The highest BCUT2D eigenvalue weighted by Crippen LogP contribution is 2.40. The Labute approximate surface area is 261 Å². The van der Waals surface area contributed by atoms with E-state index in [1.54, 1.807) is 4.90 Å². The molecule has 0 unspecified atom stereocenters. The summed E-state index contributed by atoms with van der Waals surface area (Å²) >= 11 is 7.36.